The van der Waals surface area contributed by atoms with Crippen LogP contribution in [0.3, 0.4) is 0 Å². The predicted molar refractivity (Wildman–Crippen MR) is 67.1 cm³/mol. The largest absolute Gasteiger partial charge is 0.465 e. The molecular weight excluding hydrogens is 254 g/mol. The summed E-state index contributed by atoms with van der Waals surface area (Å²) in [5.41, 5.74) is 0.456. The van der Waals surface area contributed by atoms with Crippen molar-refractivity contribution in [2.45, 2.75) is 0 Å². The second kappa shape index (κ2) is 5.51. The third-order valence-electron chi connectivity index (χ3n) is 2.21. The molecule has 0 bridgehead atoms. The number of aromatic nitrogens is 1. The van der Waals surface area contributed by atoms with Crippen molar-refractivity contribution in [1.29, 1.82) is 0 Å². The number of ether oxygens (including phenoxy) is 2. The summed E-state index contributed by atoms with van der Waals surface area (Å²) < 4.78 is 10.1. The van der Waals surface area contributed by atoms with Gasteiger partial charge in [0.05, 0.1) is 12.7 Å². The number of methoxy groups -OCH3 is 1. The number of carbonyl (C=O) groups is 1. The van der Waals surface area contributed by atoms with Crippen LogP contribution >= 0.6 is 11.6 Å². The Morgan fingerprint density at radius 1 is 1.22 bits per heavy atom. The van der Waals surface area contributed by atoms with Crippen molar-refractivity contribution in [3.63, 3.8) is 0 Å². The molecule has 1 heterocycles. The molecule has 0 aliphatic carbocycles. The van der Waals surface area contributed by atoms with Crippen LogP contribution < -0.4 is 4.74 Å². The van der Waals surface area contributed by atoms with Gasteiger partial charge >= 0.3 is 5.97 Å². The normalized spacial score (nSPS) is 9.89. The minimum Gasteiger partial charge on any atom is -0.465 e. The molecule has 1 aromatic heterocycles. The molecule has 0 unspecified atom stereocenters. The summed E-state index contributed by atoms with van der Waals surface area (Å²) in [6.07, 6.45) is 1.59. The first-order valence-corrected chi connectivity index (χ1v) is 5.55. The smallest absolute Gasteiger partial charge is 0.337 e. The monoisotopic (exact) mass is 263 g/mol. The van der Waals surface area contributed by atoms with E-state index in [1.807, 2.05) is 0 Å². The highest BCUT2D eigenvalue weighted by atomic mass is 35.5. The molecule has 5 heteroatoms. The maximum atomic E-state index is 11.2. The first kappa shape index (κ1) is 12.4. The minimum absolute atomic E-state index is 0.324. The molecule has 0 saturated heterocycles. The van der Waals surface area contributed by atoms with Crippen LogP contribution in [0.15, 0.2) is 42.6 Å². The first-order valence-electron chi connectivity index (χ1n) is 5.17. The van der Waals surface area contributed by atoms with E-state index in [9.17, 15) is 4.79 Å². The van der Waals surface area contributed by atoms with Gasteiger partial charge in [0.2, 0.25) is 5.88 Å². The van der Waals surface area contributed by atoms with Crippen LogP contribution in [0.5, 0.6) is 11.6 Å². The summed E-state index contributed by atoms with van der Waals surface area (Å²) >= 11 is 5.92. The van der Waals surface area contributed by atoms with E-state index in [0.717, 1.165) is 0 Å². The maximum Gasteiger partial charge on any atom is 0.337 e. The van der Waals surface area contributed by atoms with Crippen LogP contribution in [0.1, 0.15) is 10.4 Å². The Bertz CT molecular complexity index is 554. The fraction of sp³-hybridized carbons (Fsp3) is 0.0769. The van der Waals surface area contributed by atoms with Gasteiger partial charge in [0, 0.05) is 6.20 Å². The van der Waals surface area contributed by atoms with Gasteiger partial charge in [-0.2, -0.15) is 0 Å². The van der Waals surface area contributed by atoms with Gasteiger partial charge in [0.15, 0.2) is 0 Å². The summed E-state index contributed by atoms with van der Waals surface area (Å²) in [4.78, 5) is 15.2. The average Bonchev–Trinajstić information content (AvgIpc) is 2.41. The van der Waals surface area contributed by atoms with Crippen molar-refractivity contribution in [2.75, 3.05) is 7.11 Å². The van der Waals surface area contributed by atoms with E-state index in [-0.39, 0.29) is 0 Å². The van der Waals surface area contributed by atoms with E-state index >= 15 is 0 Å². The van der Waals surface area contributed by atoms with Crippen LogP contribution in [-0.2, 0) is 4.74 Å². The van der Waals surface area contributed by atoms with Crippen LogP contribution in [0.25, 0.3) is 0 Å². The van der Waals surface area contributed by atoms with Gasteiger partial charge in [-0.15, -0.1) is 0 Å². The minimum atomic E-state index is -0.391. The van der Waals surface area contributed by atoms with Crippen molar-refractivity contribution in [3.05, 3.63) is 53.2 Å². The molecule has 0 spiro atoms. The number of hydrogen-bond acceptors (Lipinski definition) is 4. The lowest BCUT2D eigenvalue weighted by Crippen LogP contribution is -2.00. The van der Waals surface area contributed by atoms with Gasteiger partial charge in [0.25, 0.3) is 0 Å². The Morgan fingerprint density at radius 2 is 1.94 bits per heavy atom. The van der Waals surface area contributed by atoms with E-state index < -0.39 is 5.97 Å². The zero-order valence-electron chi connectivity index (χ0n) is 9.59. The molecule has 1 aromatic carbocycles. The van der Waals surface area contributed by atoms with E-state index in [1.54, 1.807) is 42.6 Å². The third kappa shape index (κ3) is 2.78. The molecule has 0 saturated carbocycles. The number of benzene rings is 1. The van der Waals surface area contributed by atoms with Gasteiger partial charge in [0.1, 0.15) is 10.8 Å². The van der Waals surface area contributed by atoms with Crippen molar-refractivity contribution < 1.29 is 14.3 Å². The Morgan fingerprint density at radius 3 is 2.56 bits per heavy atom. The van der Waals surface area contributed by atoms with Gasteiger partial charge in [-0.25, -0.2) is 9.78 Å². The molecule has 0 amide bonds. The summed E-state index contributed by atoms with van der Waals surface area (Å²) in [6, 6.07) is 9.92. The van der Waals surface area contributed by atoms with Gasteiger partial charge in [-0.3, -0.25) is 0 Å². The molecule has 0 aliphatic rings. The molecule has 2 rings (SSSR count). The average molecular weight is 264 g/mol. The van der Waals surface area contributed by atoms with Gasteiger partial charge in [-0.05, 0) is 36.4 Å². The SMILES string of the molecule is COC(=O)c1ccc(Oc2ncccc2Cl)cc1. The fourth-order valence-corrected chi connectivity index (χ4v) is 1.49. The summed E-state index contributed by atoms with van der Waals surface area (Å²) in [7, 11) is 1.33. The van der Waals surface area contributed by atoms with E-state index in [0.29, 0.717) is 22.2 Å². The predicted octanol–water partition coefficient (Wildman–Crippen LogP) is 3.31. The molecule has 0 N–H and O–H groups in total. The molecule has 18 heavy (non-hydrogen) atoms. The highest BCUT2D eigenvalue weighted by Crippen LogP contribution is 2.26. The van der Waals surface area contributed by atoms with Gasteiger partial charge in [-0.1, -0.05) is 11.6 Å². The summed E-state index contributed by atoms with van der Waals surface area (Å²) in [5.74, 6) is 0.477. The van der Waals surface area contributed by atoms with E-state index in [1.165, 1.54) is 7.11 Å². The number of rotatable bonds is 3. The molecule has 0 atom stereocenters. The van der Waals surface area contributed by atoms with Crippen LogP contribution in [0.2, 0.25) is 5.02 Å². The van der Waals surface area contributed by atoms with E-state index in [2.05, 4.69) is 9.72 Å². The first-order chi connectivity index (χ1) is 8.70. The molecular formula is C13H10ClNO3. The zero-order valence-corrected chi connectivity index (χ0v) is 10.3. The van der Waals surface area contributed by atoms with Crippen LogP contribution in [0, 0.1) is 0 Å². The third-order valence-corrected chi connectivity index (χ3v) is 2.50. The molecule has 92 valence electrons. The number of carbonyl (C=O) groups excluding carboxylic acids is 1. The number of halogens is 1. The maximum absolute atomic E-state index is 11.2. The number of pyridine rings is 1. The molecule has 0 aliphatic heterocycles. The highest BCUT2D eigenvalue weighted by Gasteiger charge is 2.07. The van der Waals surface area contributed by atoms with Crippen molar-refractivity contribution >= 4 is 17.6 Å². The summed E-state index contributed by atoms with van der Waals surface area (Å²) in [5, 5.41) is 0.426. The fourth-order valence-electron chi connectivity index (χ4n) is 1.33. The molecule has 2 aromatic rings. The zero-order chi connectivity index (χ0) is 13.0. The summed E-state index contributed by atoms with van der Waals surface area (Å²) in [6.45, 7) is 0. The highest BCUT2D eigenvalue weighted by molar-refractivity contribution is 6.31. The van der Waals surface area contributed by atoms with E-state index in [4.69, 9.17) is 16.3 Å². The van der Waals surface area contributed by atoms with Crippen LogP contribution in [0.4, 0.5) is 0 Å². The van der Waals surface area contributed by atoms with Crippen LogP contribution in [-0.4, -0.2) is 18.1 Å². The molecule has 0 radical (unpaired) electrons. The van der Waals surface area contributed by atoms with Crippen molar-refractivity contribution in [3.8, 4) is 11.6 Å². The number of hydrogen-bond donors (Lipinski definition) is 0. The lowest BCUT2D eigenvalue weighted by molar-refractivity contribution is 0.0600. The Kier molecular flexibility index (Phi) is 3.79. The molecule has 0 fully saturated rings. The standard InChI is InChI=1S/C13H10ClNO3/c1-17-13(16)9-4-6-10(7-5-9)18-12-11(14)3-2-8-15-12/h2-8H,1H3. The quantitative estimate of drug-likeness (QED) is 0.797. The second-order valence-electron chi connectivity index (χ2n) is 3.41. The molecule has 4 nitrogen and oxygen atoms in total. The lowest BCUT2D eigenvalue weighted by Gasteiger charge is -2.06. The Hall–Kier alpha value is -2.07. The lowest BCUT2D eigenvalue weighted by atomic mass is 10.2. The Labute approximate surface area is 109 Å². The number of nitrogens with zero attached hydrogens (tertiary/aromatic N) is 1. The van der Waals surface area contributed by atoms with Gasteiger partial charge < -0.3 is 9.47 Å². The van der Waals surface area contributed by atoms with Crippen molar-refractivity contribution in [2.24, 2.45) is 0 Å². The Balaban J connectivity index is 2.16. The topological polar surface area (TPSA) is 48.4 Å². The second-order valence-corrected chi connectivity index (χ2v) is 3.82. The number of esters is 1. The van der Waals surface area contributed by atoms with Crippen molar-refractivity contribution in [1.82, 2.24) is 4.98 Å².